The zero-order chi connectivity index (χ0) is 21.3. The highest BCUT2D eigenvalue weighted by Gasteiger charge is 2.29. The predicted octanol–water partition coefficient (Wildman–Crippen LogP) is 3.68. The predicted molar refractivity (Wildman–Crippen MR) is 113 cm³/mol. The van der Waals surface area contributed by atoms with Gasteiger partial charge >= 0.3 is 0 Å². The van der Waals surface area contributed by atoms with Crippen LogP contribution in [0.1, 0.15) is 43.0 Å². The Morgan fingerprint density at radius 3 is 2.63 bits per heavy atom. The molecular weight excluding hydrogens is 381 g/mol. The van der Waals surface area contributed by atoms with Gasteiger partial charge in [-0.25, -0.2) is 9.37 Å². The lowest BCUT2D eigenvalue weighted by Gasteiger charge is -2.29. The monoisotopic (exact) mass is 403 g/mol. The van der Waals surface area contributed by atoms with Gasteiger partial charge in [-0.05, 0) is 72.4 Å². The van der Waals surface area contributed by atoms with Gasteiger partial charge < -0.3 is 5.32 Å². The van der Waals surface area contributed by atoms with Crippen molar-refractivity contribution in [3.05, 3.63) is 93.9 Å². The molecule has 1 aliphatic rings. The smallest absolute Gasteiger partial charge is 0.259 e. The molecule has 2 amide bonds. The number of benzene rings is 2. The van der Waals surface area contributed by atoms with Gasteiger partial charge in [0.15, 0.2) is 11.6 Å². The molecule has 0 unspecified atom stereocenters. The van der Waals surface area contributed by atoms with Crippen LogP contribution < -0.4 is 10.2 Å². The number of aryl methyl sites for hydroxylation is 1. The molecule has 2 aromatic carbocycles. The summed E-state index contributed by atoms with van der Waals surface area (Å²) in [7, 11) is 1.60. The van der Waals surface area contributed by atoms with Gasteiger partial charge in [0, 0.05) is 30.9 Å². The maximum absolute atomic E-state index is 14.2. The van der Waals surface area contributed by atoms with Crippen LogP contribution in [-0.4, -0.2) is 30.4 Å². The maximum atomic E-state index is 14.2. The number of hydrogen-bond acceptors (Lipinski definition) is 3. The second-order valence-electron chi connectivity index (χ2n) is 7.41. The Hall–Kier alpha value is -3.54. The third kappa shape index (κ3) is 3.68. The first-order valence-electron chi connectivity index (χ1n) is 9.83. The Kier molecular flexibility index (Phi) is 5.31. The van der Waals surface area contributed by atoms with Crippen molar-refractivity contribution in [3.8, 4) is 0 Å². The van der Waals surface area contributed by atoms with Gasteiger partial charge in [-0.3, -0.25) is 14.5 Å². The fourth-order valence-corrected chi connectivity index (χ4v) is 3.92. The summed E-state index contributed by atoms with van der Waals surface area (Å²) in [6, 6.07) is 14.2. The molecule has 1 N–H and O–H groups in total. The fraction of sp³-hybridized carbons (Fsp3) is 0.208. The van der Waals surface area contributed by atoms with Crippen LogP contribution in [0, 0.1) is 12.7 Å². The molecule has 152 valence electrons. The summed E-state index contributed by atoms with van der Waals surface area (Å²) in [5, 5.41) is 2.61. The number of carbonyl (C=O) groups is 2. The van der Waals surface area contributed by atoms with Crippen molar-refractivity contribution in [2.75, 3.05) is 18.5 Å². The van der Waals surface area contributed by atoms with Crippen LogP contribution >= 0.6 is 0 Å². The normalized spacial score (nSPS) is 13.2. The molecule has 0 aliphatic carbocycles. The summed E-state index contributed by atoms with van der Waals surface area (Å²) in [5.41, 5.74) is 5.30. The molecule has 4 rings (SSSR count). The van der Waals surface area contributed by atoms with E-state index < -0.39 is 5.82 Å². The standard InChI is InChI=1S/C24H22FN3O2/c1-15-12-17(13-16-5-7-18(8-6-16)23(29)26-2)14-20-19(15)9-11-28(24(20)30)22-21(25)4-3-10-27-22/h3-8,10,12,14H,9,11,13H2,1-2H3,(H,26,29). The Balaban J connectivity index is 1.63. The summed E-state index contributed by atoms with van der Waals surface area (Å²) in [5.74, 6) is -0.785. The van der Waals surface area contributed by atoms with Gasteiger partial charge in [-0.2, -0.15) is 0 Å². The molecule has 0 radical (unpaired) electrons. The van der Waals surface area contributed by atoms with E-state index in [2.05, 4.69) is 16.4 Å². The lowest BCUT2D eigenvalue weighted by Crippen LogP contribution is -2.39. The van der Waals surface area contributed by atoms with Crippen LogP contribution in [0.2, 0.25) is 0 Å². The quantitative estimate of drug-likeness (QED) is 0.723. The van der Waals surface area contributed by atoms with E-state index in [1.807, 2.05) is 25.1 Å². The van der Waals surface area contributed by atoms with Gasteiger partial charge in [-0.15, -0.1) is 0 Å². The molecule has 3 aromatic rings. The molecule has 0 saturated carbocycles. The molecule has 1 aromatic heterocycles. The zero-order valence-corrected chi connectivity index (χ0v) is 16.9. The SMILES string of the molecule is CNC(=O)c1ccc(Cc2cc(C)c3c(c2)C(=O)N(c2ncccc2F)CC3)cc1. The topological polar surface area (TPSA) is 62.3 Å². The van der Waals surface area contributed by atoms with Crippen LogP contribution in [0.3, 0.4) is 0 Å². The van der Waals surface area contributed by atoms with Crippen LogP contribution in [0.4, 0.5) is 10.2 Å². The Morgan fingerprint density at radius 2 is 1.93 bits per heavy atom. The molecule has 0 fully saturated rings. The summed E-state index contributed by atoms with van der Waals surface area (Å²) in [6.07, 6.45) is 2.78. The lowest BCUT2D eigenvalue weighted by atomic mass is 9.90. The number of halogens is 1. The number of pyridine rings is 1. The van der Waals surface area contributed by atoms with Gasteiger partial charge in [-0.1, -0.05) is 18.2 Å². The first-order valence-corrected chi connectivity index (χ1v) is 9.83. The summed E-state index contributed by atoms with van der Waals surface area (Å²) < 4.78 is 14.2. The van der Waals surface area contributed by atoms with Crippen molar-refractivity contribution >= 4 is 17.6 Å². The minimum absolute atomic E-state index is 0.0704. The number of carbonyl (C=O) groups excluding carboxylic acids is 2. The average Bonchev–Trinajstić information content (AvgIpc) is 2.75. The summed E-state index contributed by atoms with van der Waals surface area (Å²) in [6.45, 7) is 2.40. The second-order valence-corrected chi connectivity index (χ2v) is 7.41. The molecule has 0 atom stereocenters. The number of nitrogens with one attached hydrogen (secondary N) is 1. The van der Waals surface area contributed by atoms with Crippen molar-refractivity contribution in [1.82, 2.24) is 10.3 Å². The number of anilines is 1. The summed E-state index contributed by atoms with van der Waals surface area (Å²) in [4.78, 5) is 30.3. The fourth-order valence-electron chi connectivity index (χ4n) is 3.92. The maximum Gasteiger partial charge on any atom is 0.259 e. The van der Waals surface area contributed by atoms with Gasteiger partial charge in [0.25, 0.3) is 11.8 Å². The number of fused-ring (bicyclic) bond motifs is 1. The summed E-state index contributed by atoms with van der Waals surface area (Å²) >= 11 is 0. The number of amides is 2. The van der Waals surface area contributed by atoms with E-state index in [9.17, 15) is 14.0 Å². The average molecular weight is 403 g/mol. The molecule has 5 nitrogen and oxygen atoms in total. The van der Waals surface area contributed by atoms with E-state index in [-0.39, 0.29) is 17.6 Å². The molecular formula is C24H22FN3O2. The first kappa shape index (κ1) is 19.8. The third-order valence-electron chi connectivity index (χ3n) is 5.44. The van der Waals surface area contributed by atoms with Crippen molar-refractivity contribution in [2.45, 2.75) is 19.8 Å². The van der Waals surface area contributed by atoms with Crippen molar-refractivity contribution in [1.29, 1.82) is 0 Å². The molecule has 0 bridgehead atoms. The highest BCUT2D eigenvalue weighted by atomic mass is 19.1. The van der Waals surface area contributed by atoms with Crippen LogP contribution in [0.15, 0.2) is 54.7 Å². The molecule has 0 spiro atoms. The third-order valence-corrected chi connectivity index (χ3v) is 5.44. The minimum Gasteiger partial charge on any atom is -0.355 e. The van der Waals surface area contributed by atoms with E-state index in [1.165, 1.54) is 23.2 Å². The zero-order valence-electron chi connectivity index (χ0n) is 16.9. The van der Waals surface area contributed by atoms with Crippen LogP contribution in [0.25, 0.3) is 0 Å². The lowest BCUT2D eigenvalue weighted by molar-refractivity contribution is 0.0959. The molecule has 2 heterocycles. The number of nitrogens with zero attached hydrogens (tertiary/aromatic N) is 2. The Morgan fingerprint density at radius 1 is 1.17 bits per heavy atom. The van der Waals surface area contributed by atoms with Gasteiger partial charge in [0.2, 0.25) is 0 Å². The molecule has 0 saturated heterocycles. The van der Waals surface area contributed by atoms with Crippen LogP contribution in [0.5, 0.6) is 0 Å². The number of aromatic nitrogens is 1. The molecule has 1 aliphatic heterocycles. The largest absolute Gasteiger partial charge is 0.355 e. The van der Waals surface area contributed by atoms with Crippen molar-refractivity contribution in [3.63, 3.8) is 0 Å². The van der Waals surface area contributed by atoms with Crippen LogP contribution in [-0.2, 0) is 12.8 Å². The van der Waals surface area contributed by atoms with E-state index in [1.54, 1.807) is 19.2 Å². The minimum atomic E-state index is -0.501. The second kappa shape index (κ2) is 8.06. The van der Waals surface area contributed by atoms with E-state index in [0.717, 1.165) is 22.3 Å². The van der Waals surface area contributed by atoms with E-state index in [4.69, 9.17) is 0 Å². The Bertz CT molecular complexity index is 1130. The first-order chi connectivity index (χ1) is 14.5. The van der Waals surface area contributed by atoms with E-state index in [0.29, 0.717) is 30.5 Å². The van der Waals surface area contributed by atoms with Crippen molar-refractivity contribution < 1.29 is 14.0 Å². The number of rotatable bonds is 4. The molecule has 30 heavy (non-hydrogen) atoms. The highest BCUT2D eigenvalue weighted by Crippen LogP contribution is 2.28. The molecule has 6 heteroatoms. The van der Waals surface area contributed by atoms with Crippen molar-refractivity contribution in [2.24, 2.45) is 0 Å². The highest BCUT2D eigenvalue weighted by molar-refractivity contribution is 6.08. The van der Waals surface area contributed by atoms with Gasteiger partial charge in [0.05, 0.1) is 0 Å². The van der Waals surface area contributed by atoms with Gasteiger partial charge in [0.1, 0.15) is 0 Å². The van der Waals surface area contributed by atoms with E-state index >= 15 is 0 Å². The number of hydrogen-bond donors (Lipinski definition) is 1. The Labute approximate surface area is 174 Å².